The Morgan fingerprint density at radius 2 is 2.27 bits per heavy atom. The Hall–Kier alpha value is -1.63. The van der Waals surface area contributed by atoms with Crippen LogP contribution in [0.3, 0.4) is 0 Å². The molecule has 8 heteroatoms. The Balaban J connectivity index is 0.00000242. The van der Waals surface area contributed by atoms with Gasteiger partial charge in [0.15, 0.2) is 11.6 Å². The van der Waals surface area contributed by atoms with Crippen molar-refractivity contribution in [3.63, 3.8) is 0 Å². The molecular weight excluding hydrogens is 325 g/mol. The summed E-state index contributed by atoms with van der Waals surface area (Å²) >= 11 is 6.05. The molecule has 0 aromatic carbocycles. The van der Waals surface area contributed by atoms with Crippen molar-refractivity contribution in [1.29, 1.82) is 0 Å². The highest BCUT2D eigenvalue weighted by Crippen LogP contribution is 2.17. The van der Waals surface area contributed by atoms with Crippen molar-refractivity contribution in [2.24, 2.45) is 5.73 Å². The van der Waals surface area contributed by atoms with Crippen molar-refractivity contribution in [3.05, 3.63) is 35.6 Å². The number of unbranched alkanes of at least 4 members (excludes halogenated alkanes) is 1. The summed E-state index contributed by atoms with van der Waals surface area (Å²) in [4.78, 5) is 16.1. The number of pyridine rings is 1. The van der Waals surface area contributed by atoms with Gasteiger partial charge in [0.2, 0.25) is 5.91 Å². The lowest BCUT2D eigenvalue weighted by Gasteiger charge is -2.09. The largest absolute Gasteiger partial charge is 0.320 e. The average molecular weight is 344 g/mol. The van der Waals surface area contributed by atoms with Crippen molar-refractivity contribution in [3.8, 4) is 5.82 Å². The highest BCUT2D eigenvalue weighted by Gasteiger charge is 2.14. The first-order valence-corrected chi connectivity index (χ1v) is 7.22. The molecule has 0 bridgehead atoms. The molecule has 22 heavy (non-hydrogen) atoms. The third kappa shape index (κ3) is 4.69. The van der Waals surface area contributed by atoms with Crippen LogP contribution in [0, 0.1) is 0 Å². The third-order valence-electron chi connectivity index (χ3n) is 3.00. The third-order valence-corrected chi connectivity index (χ3v) is 3.30. The molecule has 0 aliphatic rings. The number of anilines is 1. The van der Waals surface area contributed by atoms with Crippen LogP contribution in [0.15, 0.2) is 30.6 Å². The van der Waals surface area contributed by atoms with E-state index in [0.29, 0.717) is 23.1 Å². The Morgan fingerprint density at radius 1 is 1.50 bits per heavy atom. The van der Waals surface area contributed by atoms with E-state index in [1.807, 2.05) is 0 Å². The van der Waals surface area contributed by atoms with Crippen molar-refractivity contribution in [2.45, 2.75) is 32.2 Å². The fourth-order valence-corrected chi connectivity index (χ4v) is 2.04. The molecule has 120 valence electrons. The highest BCUT2D eigenvalue weighted by molar-refractivity contribution is 6.32. The summed E-state index contributed by atoms with van der Waals surface area (Å²) in [5.41, 5.74) is 5.81. The van der Waals surface area contributed by atoms with Gasteiger partial charge in [0, 0.05) is 18.5 Å². The maximum atomic E-state index is 11.9. The Bertz CT molecular complexity index is 617. The second-order valence-corrected chi connectivity index (χ2v) is 5.10. The van der Waals surface area contributed by atoms with Crippen molar-refractivity contribution in [1.82, 2.24) is 14.8 Å². The van der Waals surface area contributed by atoms with Gasteiger partial charge in [0.05, 0.1) is 11.1 Å². The number of carbonyl (C=O) groups is 1. The second kappa shape index (κ2) is 8.73. The minimum atomic E-state index is -0.520. The minimum Gasteiger partial charge on any atom is -0.320 e. The topological polar surface area (TPSA) is 85.8 Å². The number of nitrogens with one attached hydrogen (secondary N) is 1. The zero-order valence-electron chi connectivity index (χ0n) is 12.2. The van der Waals surface area contributed by atoms with E-state index in [2.05, 4.69) is 22.3 Å². The first-order chi connectivity index (χ1) is 10.1. The van der Waals surface area contributed by atoms with Gasteiger partial charge in [0.25, 0.3) is 0 Å². The molecule has 1 atom stereocenters. The van der Waals surface area contributed by atoms with E-state index < -0.39 is 6.04 Å². The molecule has 1 unspecified atom stereocenters. The van der Waals surface area contributed by atoms with Crippen LogP contribution in [0.25, 0.3) is 5.82 Å². The summed E-state index contributed by atoms with van der Waals surface area (Å²) in [5.74, 6) is 0.699. The monoisotopic (exact) mass is 343 g/mol. The summed E-state index contributed by atoms with van der Waals surface area (Å²) in [6, 6.07) is 4.62. The fraction of sp³-hybridized carbons (Fsp3) is 0.357. The summed E-state index contributed by atoms with van der Waals surface area (Å²) < 4.78 is 1.51. The van der Waals surface area contributed by atoms with Crippen LogP contribution >= 0.6 is 24.0 Å². The van der Waals surface area contributed by atoms with Gasteiger partial charge in [-0.15, -0.1) is 17.5 Å². The molecule has 2 heterocycles. The Kier molecular flexibility index (Phi) is 7.31. The predicted octanol–water partition coefficient (Wildman–Crippen LogP) is 2.80. The molecule has 3 N–H and O–H groups in total. The Morgan fingerprint density at radius 3 is 2.95 bits per heavy atom. The van der Waals surface area contributed by atoms with E-state index in [0.717, 1.165) is 12.8 Å². The molecule has 1 amide bonds. The van der Waals surface area contributed by atoms with Gasteiger partial charge in [-0.2, -0.15) is 0 Å². The SMILES string of the molecule is CCCCC(N)C(=O)Nc1ccn(-c2ncccc2Cl)n1.Cl. The number of aromatic nitrogens is 3. The molecule has 0 radical (unpaired) electrons. The normalized spacial score (nSPS) is 11.6. The van der Waals surface area contributed by atoms with E-state index in [-0.39, 0.29) is 18.3 Å². The number of carbonyl (C=O) groups excluding carboxylic acids is 1. The molecule has 0 aliphatic heterocycles. The summed E-state index contributed by atoms with van der Waals surface area (Å²) in [6.45, 7) is 2.06. The second-order valence-electron chi connectivity index (χ2n) is 4.69. The van der Waals surface area contributed by atoms with E-state index >= 15 is 0 Å². The number of hydrogen-bond acceptors (Lipinski definition) is 4. The number of rotatable bonds is 6. The maximum absolute atomic E-state index is 11.9. The molecule has 0 saturated carbocycles. The van der Waals surface area contributed by atoms with Gasteiger partial charge >= 0.3 is 0 Å². The standard InChI is InChI=1S/C14H18ClN5O.ClH/c1-2-3-6-11(16)14(21)18-12-7-9-20(19-12)13-10(15)5-4-8-17-13;/h4-5,7-9,11H,2-3,6,16H2,1H3,(H,18,19,21);1H. The zero-order valence-corrected chi connectivity index (χ0v) is 13.8. The predicted molar refractivity (Wildman–Crippen MR) is 89.7 cm³/mol. The average Bonchev–Trinajstić information content (AvgIpc) is 2.93. The van der Waals surface area contributed by atoms with Crippen molar-refractivity contribution >= 4 is 35.7 Å². The summed E-state index contributed by atoms with van der Waals surface area (Å²) in [7, 11) is 0. The van der Waals surface area contributed by atoms with E-state index in [9.17, 15) is 4.79 Å². The van der Waals surface area contributed by atoms with Gasteiger partial charge in [-0.25, -0.2) is 9.67 Å². The van der Waals surface area contributed by atoms with Crippen LogP contribution in [0.1, 0.15) is 26.2 Å². The number of nitrogens with zero attached hydrogens (tertiary/aromatic N) is 3. The van der Waals surface area contributed by atoms with E-state index in [1.165, 1.54) is 4.68 Å². The molecule has 0 aliphatic carbocycles. The summed E-state index contributed by atoms with van der Waals surface area (Å²) in [6.07, 6.45) is 5.90. The van der Waals surface area contributed by atoms with E-state index in [1.54, 1.807) is 30.6 Å². The number of hydrogen-bond donors (Lipinski definition) is 2. The molecule has 0 saturated heterocycles. The number of nitrogens with two attached hydrogens (primary N) is 1. The Labute approximate surface area is 140 Å². The van der Waals surface area contributed by atoms with Gasteiger partial charge < -0.3 is 11.1 Å². The van der Waals surface area contributed by atoms with Crippen molar-refractivity contribution in [2.75, 3.05) is 5.32 Å². The fourth-order valence-electron chi connectivity index (χ4n) is 1.83. The van der Waals surface area contributed by atoms with Gasteiger partial charge in [0.1, 0.15) is 0 Å². The lowest BCUT2D eigenvalue weighted by atomic mass is 10.1. The smallest absolute Gasteiger partial charge is 0.242 e. The van der Waals surface area contributed by atoms with E-state index in [4.69, 9.17) is 17.3 Å². The van der Waals surface area contributed by atoms with Gasteiger partial charge in [-0.1, -0.05) is 31.4 Å². The van der Waals surface area contributed by atoms with Crippen LogP contribution in [-0.2, 0) is 4.79 Å². The molecule has 2 aromatic heterocycles. The first kappa shape index (κ1) is 18.4. The molecule has 2 aromatic rings. The van der Waals surface area contributed by atoms with Gasteiger partial charge in [-0.3, -0.25) is 4.79 Å². The summed E-state index contributed by atoms with van der Waals surface area (Å²) in [5, 5.41) is 7.40. The number of halogens is 2. The number of amides is 1. The molecule has 0 fully saturated rings. The quantitative estimate of drug-likeness (QED) is 0.844. The lowest BCUT2D eigenvalue weighted by molar-refractivity contribution is -0.117. The molecule has 2 rings (SSSR count). The lowest BCUT2D eigenvalue weighted by Crippen LogP contribution is -2.35. The van der Waals surface area contributed by atoms with Gasteiger partial charge in [-0.05, 0) is 18.6 Å². The molecule has 0 spiro atoms. The highest BCUT2D eigenvalue weighted by atomic mass is 35.5. The minimum absolute atomic E-state index is 0. The maximum Gasteiger partial charge on any atom is 0.242 e. The van der Waals surface area contributed by atoms with Crippen LogP contribution in [0.5, 0.6) is 0 Å². The van der Waals surface area contributed by atoms with Crippen LogP contribution in [0.2, 0.25) is 5.02 Å². The van der Waals surface area contributed by atoms with Crippen molar-refractivity contribution < 1.29 is 4.79 Å². The molecular formula is C14H19Cl2N5O. The van der Waals surface area contributed by atoms with Crippen LogP contribution < -0.4 is 11.1 Å². The van der Waals surface area contributed by atoms with Crippen LogP contribution in [0.4, 0.5) is 5.82 Å². The van der Waals surface area contributed by atoms with Crippen LogP contribution in [-0.4, -0.2) is 26.7 Å². The molecule has 6 nitrogen and oxygen atoms in total. The zero-order chi connectivity index (χ0) is 15.2. The first-order valence-electron chi connectivity index (χ1n) is 6.85.